The van der Waals surface area contributed by atoms with E-state index in [2.05, 4.69) is 0 Å². The molecule has 0 spiro atoms. The van der Waals surface area contributed by atoms with E-state index in [9.17, 15) is 36.3 Å². The number of halogens is 4. The number of benzene rings is 1. The number of aliphatic hydroxyl groups excluding tert-OH is 1. The van der Waals surface area contributed by atoms with Crippen LogP contribution in [0.2, 0.25) is 5.02 Å². The van der Waals surface area contributed by atoms with E-state index in [4.69, 9.17) is 11.6 Å². The van der Waals surface area contributed by atoms with Gasteiger partial charge in [0.2, 0.25) is 0 Å². The first kappa shape index (κ1) is 23.7. The predicted octanol–water partition coefficient (Wildman–Crippen LogP) is 3.57. The number of rotatable bonds is 5. The number of fused-ring (bicyclic) bond motifs is 2. The number of nitrogens with zero attached hydrogens (tertiary/aromatic N) is 1. The molecule has 0 heterocycles. The Morgan fingerprint density at radius 2 is 1.74 bits per heavy atom. The lowest BCUT2D eigenvalue weighted by molar-refractivity contribution is -0.144. The summed E-state index contributed by atoms with van der Waals surface area (Å²) in [5.41, 5.74) is -0.691. The zero-order chi connectivity index (χ0) is 23.3. The molecule has 2 fully saturated rings. The van der Waals surface area contributed by atoms with Crippen LogP contribution in [-0.2, 0) is 26.0 Å². The molecular formula is C20H21ClF3NO5S. The average molecular weight is 480 g/mol. The van der Waals surface area contributed by atoms with Crippen molar-refractivity contribution in [3.8, 4) is 0 Å². The van der Waals surface area contributed by atoms with Gasteiger partial charge in [-0.15, -0.1) is 0 Å². The minimum Gasteiger partial charge on any atom is -0.506 e. The van der Waals surface area contributed by atoms with E-state index in [1.165, 1.54) is 0 Å². The van der Waals surface area contributed by atoms with Crippen molar-refractivity contribution in [2.45, 2.75) is 36.9 Å². The van der Waals surface area contributed by atoms with Gasteiger partial charge < -0.3 is 5.11 Å². The maximum Gasteiger partial charge on any atom is 0.401 e. The van der Waals surface area contributed by atoms with Crippen molar-refractivity contribution in [2.24, 2.45) is 11.8 Å². The van der Waals surface area contributed by atoms with Gasteiger partial charge in [0.1, 0.15) is 11.3 Å². The summed E-state index contributed by atoms with van der Waals surface area (Å²) < 4.78 is 62.6. The van der Waals surface area contributed by atoms with Crippen molar-refractivity contribution in [3.63, 3.8) is 0 Å². The molecule has 170 valence electrons. The lowest BCUT2D eigenvalue weighted by Gasteiger charge is -2.23. The Balaban J connectivity index is 2.12. The monoisotopic (exact) mass is 479 g/mol. The fraction of sp³-hybridized carbons (Fsp3) is 0.500. The van der Waals surface area contributed by atoms with E-state index in [-0.39, 0.29) is 38.5 Å². The summed E-state index contributed by atoms with van der Waals surface area (Å²) >= 11 is 6.34. The minimum absolute atomic E-state index is 0.153. The highest BCUT2D eigenvalue weighted by atomic mass is 35.5. The van der Waals surface area contributed by atoms with Gasteiger partial charge in [-0.2, -0.15) is 13.2 Å². The quantitative estimate of drug-likeness (QED) is 0.394. The number of carbonyl (C=O) groups is 2. The van der Waals surface area contributed by atoms with E-state index in [0.29, 0.717) is 19.3 Å². The van der Waals surface area contributed by atoms with E-state index in [1.54, 1.807) is 0 Å². The number of allylic oxidation sites excluding steroid dienone is 1. The number of aliphatic hydroxyl groups is 1. The Labute approximate surface area is 182 Å². The van der Waals surface area contributed by atoms with E-state index < -0.39 is 46.4 Å². The number of sulfone groups is 1. The molecule has 0 amide bonds. The highest BCUT2D eigenvalue weighted by Gasteiger charge is 2.45. The molecule has 0 radical (unpaired) electrons. The Bertz CT molecular complexity index is 1060. The highest BCUT2D eigenvalue weighted by Crippen LogP contribution is 2.43. The molecule has 1 aromatic carbocycles. The third-order valence-corrected chi connectivity index (χ3v) is 7.25. The summed E-state index contributed by atoms with van der Waals surface area (Å²) in [5.74, 6) is -2.39. The second kappa shape index (κ2) is 8.22. The molecule has 6 nitrogen and oxygen atoms in total. The van der Waals surface area contributed by atoms with Gasteiger partial charge in [0.15, 0.2) is 21.4 Å². The van der Waals surface area contributed by atoms with Crippen LogP contribution in [0.1, 0.15) is 30.4 Å². The van der Waals surface area contributed by atoms with Gasteiger partial charge in [0.25, 0.3) is 0 Å². The van der Waals surface area contributed by atoms with Crippen LogP contribution in [-0.4, -0.2) is 56.0 Å². The average Bonchev–Trinajstić information content (AvgIpc) is 3.06. The fourth-order valence-corrected chi connectivity index (χ4v) is 5.57. The zero-order valence-corrected chi connectivity index (χ0v) is 18.4. The van der Waals surface area contributed by atoms with Crippen molar-refractivity contribution < 1.29 is 36.3 Å². The molecule has 3 rings (SSSR count). The molecule has 31 heavy (non-hydrogen) atoms. The summed E-state index contributed by atoms with van der Waals surface area (Å²) in [5, 5.41) is 10.5. The van der Waals surface area contributed by atoms with Crippen LogP contribution in [0.4, 0.5) is 13.2 Å². The van der Waals surface area contributed by atoms with E-state index >= 15 is 0 Å². The van der Waals surface area contributed by atoms with Crippen LogP contribution in [0.5, 0.6) is 0 Å². The fourth-order valence-electron chi connectivity index (χ4n) is 4.27. The number of hydrogen-bond donors (Lipinski definition) is 1. The van der Waals surface area contributed by atoms with Crippen LogP contribution >= 0.6 is 11.6 Å². The van der Waals surface area contributed by atoms with Gasteiger partial charge in [-0.1, -0.05) is 11.6 Å². The van der Waals surface area contributed by atoms with Crippen LogP contribution in [0.15, 0.2) is 22.6 Å². The van der Waals surface area contributed by atoms with Gasteiger partial charge >= 0.3 is 6.18 Å². The third kappa shape index (κ3) is 4.80. The van der Waals surface area contributed by atoms with Gasteiger partial charge in [-0.3, -0.25) is 14.5 Å². The first-order chi connectivity index (χ1) is 14.2. The van der Waals surface area contributed by atoms with E-state index in [1.807, 2.05) is 0 Å². The van der Waals surface area contributed by atoms with Gasteiger partial charge in [0, 0.05) is 35.8 Å². The first-order valence-corrected chi connectivity index (χ1v) is 11.8. The number of Topliss-reactive ketones (excluding diaryl/α,β-unsaturated/α-hetero) is 2. The molecule has 1 aromatic rings. The molecule has 1 N–H and O–H groups in total. The lowest BCUT2D eigenvalue weighted by Crippen LogP contribution is -2.31. The summed E-state index contributed by atoms with van der Waals surface area (Å²) in [4.78, 5) is 25.8. The SMILES string of the molecule is CN(Cc1c(S(C)(=O)=O)ccc(C(O)=C2C(=O)C3CCC(C3)C2=O)c1Cl)CC(F)(F)F. The molecule has 11 heteroatoms. The Morgan fingerprint density at radius 1 is 1.19 bits per heavy atom. The predicted molar refractivity (Wildman–Crippen MR) is 107 cm³/mol. The summed E-state index contributed by atoms with van der Waals surface area (Å²) in [7, 11) is -2.72. The molecule has 2 unspecified atom stereocenters. The topological polar surface area (TPSA) is 91.8 Å². The Hall–Kier alpha value is -1.91. The Kier molecular flexibility index (Phi) is 6.29. The van der Waals surface area contributed by atoms with Crippen LogP contribution in [0.3, 0.4) is 0 Å². The van der Waals surface area contributed by atoms with Gasteiger partial charge in [-0.25, -0.2) is 8.42 Å². The first-order valence-electron chi connectivity index (χ1n) is 9.49. The van der Waals surface area contributed by atoms with Crippen LogP contribution in [0, 0.1) is 11.8 Å². The summed E-state index contributed by atoms with van der Waals surface area (Å²) in [6.07, 6.45) is -2.12. The smallest absolute Gasteiger partial charge is 0.401 e. The van der Waals surface area contributed by atoms with E-state index in [0.717, 1.165) is 30.3 Å². The second-order valence-electron chi connectivity index (χ2n) is 8.12. The molecule has 0 aliphatic heterocycles. The Morgan fingerprint density at radius 3 is 2.23 bits per heavy atom. The summed E-state index contributed by atoms with van der Waals surface area (Å²) in [6, 6.07) is 2.27. The molecule has 0 saturated heterocycles. The number of ketones is 2. The molecule has 2 saturated carbocycles. The van der Waals surface area contributed by atoms with Gasteiger partial charge in [0.05, 0.1) is 16.5 Å². The molecule has 2 atom stereocenters. The molecule has 2 aliphatic rings. The third-order valence-electron chi connectivity index (χ3n) is 5.64. The van der Waals surface area contributed by atoms with Crippen molar-refractivity contribution in [2.75, 3.05) is 19.8 Å². The highest BCUT2D eigenvalue weighted by molar-refractivity contribution is 7.90. The largest absolute Gasteiger partial charge is 0.506 e. The summed E-state index contributed by atoms with van der Waals surface area (Å²) in [6.45, 7) is -1.80. The molecule has 2 bridgehead atoms. The standard InChI is InChI=1S/C20H21ClF3NO5S/c1-25(9-20(22,23)24)8-13-14(31(2,29)30)6-5-12(16(13)21)19(28)15-17(26)10-3-4-11(7-10)18(15)27/h5-6,10-11,28H,3-4,7-9H2,1-2H3. The molecular weight excluding hydrogens is 459 g/mol. The lowest BCUT2D eigenvalue weighted by atomic mass is 9.81. The van der Waals surface area contributed by atoms with Crippen LogP contribution in [0.25, 0.3) is 5.76 Å². The van der Waals surface area contributed by atoms with Gasteiger partial charge in [-0.05, 0) is 38.4 Å². The van der Waals surface area contributed by atoms with Crippen molar-refractivity contribution in [3.05, 3.63) is 33.9 Å². The van der Waals surface area contributed by atoms with Crippen molar-refractivity contribution in [1.82, 2.24) is 4.90 Å². The maximum atomic E-state index is 12.7. The number of hydrogen-bond acceptors (Lipinski definition) is 6. The maximum absolute atomic E-state index is 12.7. The molecule has 0 aromatic heterocycles. The number of alkyl halides is 3. The second-order valence-corrected chi connectivity index (χ2v) is 10.5. The van der Waals surface area contributed by atoms with Crippen LogP contribution < -0.4 is 0 Å². The normalized spacial score (nSPS) is 21.8. The minimum atomic E-state index is -4.52. The molecule has 2 aliphatic carbocycles. The number of carbonyl (C=O) groups excluding carboxylic acids is 2. The van der Waals surface area contributed by atoms with Crippen molar-refractivity contribution in [1.29, 1.82) is 0 Å². The van der Waals surface area contributed by atoms with Crippen molar-refractivity contribution >= 4 is 38.8 Å². The zero-order valence-electron chi connectivity index (χ0n) is 16.8.